The van der Waals surface area contributed by atoms with E-state index >= 15 is 0 Å². The first kappa shape index (κ1) is 9.19. The number of hydrogen-bond acceptors (Lipinski definition) is 1. The average Bonchev–Trinajstić information content (AvgIpc) is 1.98. The van der Waals surface area contributed by atoms with Crippen LogP contribution in [-0.4, -0.2) is 5.94 Å². The van der Waals surface area contributed by atoms with E-state index in [1.807, 2.05) is 25.9 Å². The molecular weight excluding hydrogens is 124 g/mol. The number of carbonyl (C=O) groups excluding carboxylic acids is 1. The topological polar surface area (TPSA) is 17.1 Å². The number of hydrogen-bond donors (Lipinski definition) is 0. The van der Waals surface area contributed by atoms with E-state index < -0.39 is 0 Å². The molecule has 0 spiro atoms. The van der Waals surface area contributed by atoms with E-state index in [0.29, 0.717) is 0 Å². The lowest BCUT2D eigenvalue weighted by Gasteiger charge is -1.91. The van der Waals surface area contributed by atoms with Crippen LogP contribution in [0.25, 0.3) is 0 Å². The van der Waals surface area contributed by atoms with Crippen LogP contribution in [0.3, 0.4) is 0 Å². The van der Waals surface area contributed by atoms with Crippen molar-refractivity contribution >= 4 is 5.94 Å². The molecule has 0 aliphatic carbocycles. The highest BCUT2D eigenvalue weighted by atomic mass is 16.1. The van der Waals surface area contributed by atoms with Gasteiger partial charge >= 0.3 is 0 Å². The molecule has 10 heavy (non-hydrogen) atoms. The van der Waals surface area contributed by atoms with Crippen LogP contribution in [0, 0.1) is 0 Å². The Labute approximate surface area is 62.4 Å². The van der Waals surface area contributed by atoms with E-state index in [0.717, 1.165) is 24.8 Å². The lowest BCUT2D eigenvalue weighted by molar-refractivity contribution is 0.565. The van der Waals surface area contributed by atoms with Gasteiger partial charge in [-0.25, -0.2) is 4.79 Å². The number of rotatable bonds is 4. The van der Waals surface area contributed by atoms with Gasteiger partial charge in [0.2, 0.25) is 0 Å². The maximum atomic E-state index is 9.99. The van der Waals surface area contributed by atoms with Crippen molar-refractivity contribution in [1.29, 1.82) is 0 Å². The molecule has 1 nitrogen and oxygen atoms in total. The summed E-state index contributed by atoms with van der Waals surface area (Å²) < 4.78 is 0. The Morgan fingerprint density at radius 2 is 2.30 bits per heavy atom. The largest absolute Gasteiger partial charge is 0.234 e. The molecule has 0 atom stereocenters. The summed E-state index contributed by atoms with van der Waals surface area (Å²) in [5.74, 6) is 1.88. The lowest BCUT2D eigenvalue weighted by Crippen LogP contribution is -1.77. The predicted molar refractivity (Wildman–Crippen MR) is 43.5 cm³/mol. The van der Waals surface area contributed by atoms with Crippen LogP contribution < -0.4 is 0 Å². The maximum Gasteiger partial charge on any atom is 0.123 e. The Bertz CT molecular complexity index is 150. The van der Waals surface area contributed by atoms with Gasteiger partial charge in [0.1, 0.15) is 5.94 Å². The van der Waals surface area contributed by atoms with Gasteiger partial charge in [-0.2, -0.15) is 0 Å². The summed E-state index contributed by atoms with van der Waals surface area (Å²) in [5, 5.41) is 0. The third kappa shape index (κ3) is 5.33. The molecule has 0 aromatic heterocycles. The second-order valence-electron chi connectivity index (χ2n) is 2.34. The van der Waals surface area contributed by atoms with Crippen molar-refractivity contribution in [2.45, 2.75) is 33.1 Å². The second kappa shape index (κ2) is 6.31. The fraction of sp³-hybridized carbons (Fsp3) is 0.556. The van der Waals surface area contributed by atoms with Gasteiger partial charge in [0.15, 0.2) is 0 Å². The molecule has 0 aliphatic heterocycles. The lowest BCUT2D eigenvalue weighted by atomic mass is 10.1. The summed E-state index contributed by atoms with van der Waals surface area (Å²) in [6.07, 6.45) is 7.15. The van der Waals surface area contributed by atoms with Crippen LogP contribution in [0.5, 0.6) is 0 Å². The van der Waals surface area contributed by atoms with Crippen molar-refractivity contribution in [1.82, 2.24) is 0 Å². The summed E-state index contributed by atoms with van der Waals surface area (Å²) in [4.78, 5) is 9.99. The fourth-order valence-corrected chi connectivity index (χ4v) is 0.703. The van der Waals surface area contributed by atoms with E-state index in [4.69, 9.17) is 0 Å². The van der Waals surface area contributed by atoms with Gasteiger partial charge < -0.3 is 0 Å². The minimum atomic E-state index is 0.824. The van der Waals surface area contributed by atoms with Crippen LogP contribution in [-0.2, 0) is 4.79 Å². The first-order valence-electron chi connectivity index (χ1n) is 3.63. The van der Waals surface area contributed by atoms with Crippen LogP contribution in [0.15, 0.2) is 17.7 Å². The molecule has 0 fully saturated rings. The van der Waals surface area contributed by atoms with Crippen molar-refractivity contribution in [2.75, 3.05) is 0 Å². The zero-order chi connectivity index (χ0) is 7.82. The third-order valence-electron chi connectivity index (χ3n) is 1.33. The molecule has 0 radical (unpaired) electrons. The van der Waals surface area contributed by atoms with Crippen LogP contribution in [0.2, 0.25) is 0 Å². The highest BCUT2D eigenvalue weighted by Gasteiger charge is 1.87. The molecule has 0 rings (SSSR count). The molecule has 0 N–H and O–H groups in total. The Balaban J connectivity index is 3.29. The fourth-order valence-electron chi connectivity index (χ4n) is 0.703. The van der Waals surface area contributed by atoms with Crippen LogP contribution in [0.1, 0.15) is 33.1 Å². The van der Waals surface area contributed by atoms with Crippen LogP contribution >= 0.6 is 0 Å². The minimum Gasteiger partial charge on any atom is -0.234 e. The zero-order valence-corrected chi connectivity index (χ0v) is 6.68. The molecular formula is C9H14O. The maximum absolute atomic E-state index is 9.99. The normalized spacial score (nSPS) is 9.80. The highest BCUT2D eigenvalue weighted by molar-refractivity contribution is 5.50. The van der Waals surface area contributed by atoms with Crippen molar-refractivity contribution < 1.29 is 4.79 Å². The summed E-state index contributed by atoms with van der Waals surface area (Å²) in [5.41, 5.74) is 0.824. The molecule has 0 heterocycles. The molecule has 56 valence electrons. The van der Waals surface area contributed by atoms with E-state index in [2.05, 4.69) is 6.08 Å². The number of unbranched alkanes of at least 4 members (excludes halogenated alkanes) is 1. The average molecular weight is 138 g/mol. The Kier molecular flexibility index (Phi) is 5.80. The Morgan fingerprint density at radius 3 is 2.80 bits per heavy atom. The van der Waals surface area contributed by atoms with Crippen molar-refractivity contribution in [3.8, 4) is 0 Å². The quantitative estimate of drug-likeness (QED) is 0.331. The van der Waals surface area contributed by atoms with Crippen LogP contribution in [0.4, 0.5) is 0 Å². The smallest absolute Gasteiger partial charge is 0.123 e. The summed E-state index contributed by atoms with van der Waals surface area (Å²) >= 11 is 0. The summed E-state index contributed by atoms with van der Waals surface area (Å²) in [6.45, 7) is 3.82. The first-order chi connectivity index (χ1) is 4.81. The van der Waals surface area contributed by atoms with Gasteiger partial charge in [-0.05, 0) is 33.1 Å². The molecule has 0 unspecified atom stereocenters. The second-order valence-corrected chi connectivity index (χ2v) is 2.34. The SMILES string of the molecule is C/C=C\CCCC(C)=C=O. The van der Waals surface area contributed by atoms with Gasteiger partial charge in [0.05, 0.1) is 0 Å². The van der Waals surface area contributed by atoms with Gasteiger partial charge in [-0.3, -0.25) is 0 Å². The van der Waals surface area contributed by atoms with E-state index in [1.165, 1.54) is 0 Å². The monoisotopic (exact) mass is 138 g/mol. The van der Waals surface area contributed by atoms with Gasteiger partial charge in [-0.15, -0.1) is 0 Å². The summed E-state index contributed by atoms with van der Waals surface area (Å²) in [6, 6.07) is 0. The van der Waals surface area contributed by atoms with E-state index in [-0.39, 0.29) is 0 Å². The minimum absolute atomic E-state index is 0.824. The zero-order valence-electron chi connectivity index (χ0n) is 6.68. The molecule has 0 saturated heterocycles. The molecule has 0 aliphatic rings. The van der Waals surface area contributed by atoms with Crippen molar-refractivity contribution in [3.05, 3.63) is 17.7 Å². The summed E-state index contributed by atoms with van der Waals surface area (Å²) in [7, 11) is 0. The Hall–Kier alpha value is -0.810. The first-order valence-corrected chi connectivity index (χ1v) is 3.63. The van der Waals surface area contributed by atoms with Gasteiger partial charge in [0, 0.05) is 5.57 Å². The molecule has 0 aromatic rings. The van der Waals surface area contributed by atoms with Gasteiger partial charge in [-0.1, -0.05) is 12.2 Å². The molecule has 1 heteroatoms. The van der Waals surface area contributed by atoms with Gasteiger partial charge in [0.25, 0.3) is 0 Å². The van der Waals surface area contributed by atoms with Crippen molar-refractivity contribution in [3.63, 3.8) is 0 Å². The predicted octanol–water partition coefficient (Wildman–Crippen LogP) is 2.51. The Morgan fingerprint density at radius 1 is 1.60 bits per heavy atom. The standard InChI is InChI=1S/C9H14O/c1-3-4-5-6-7-9(2)8-10/h3-4H,5-7H2,1-2H3/b4-3-. The number of allylic oxidation sites excluding steroid dienone is 3. The van der Waals surface area contributed by atoms with Crippen molar-refractivity contribution in [2.24, 2.45) is 0 Å². The molecule has 0 saturated carbocycles. The third-order valence-corrected chi connectivity index (χ3v) is 1.33. The van der Waals surface area contributed by atoms with E-state index in [1.54, 1.807) is 0 Å². The molecule has 0 amide bonds. The highest BCUT2D eigenvalue weighted by Crippen LogP contribution is 2.02. The molecule has 0 bridgehead atoms. The molecule has 0 aromatic carbocycles. The van der Waals surface area contributed by atoms with E-state index in [9.17, 15) is 4.79 Å².